The second-order valence-electron chi connectivity index (χ2n) is 5.48. The number of nitrogens with one attached hydrogen (secondary N) is 2. The van der Waals surface area contributed by atoms with Crippen LogP contribution in [0.15, 0.2) is 23.4 Å². The number of nitrogens with zero attached hydrogens (tertiary/aromatic N) is 1. The van der Waals surface area contributed by atoms with Crippen LogP contribution in [-0.4, -0.2) is 33.7 Å². The van der Waals surface area contributed by atoms with Crippen molar-refractivity contribution in [2.45, 2.75) is 44.4 Å². The predicted molar refractivity (Wildman–Crippen MR) is 87.4 cm³/mol. The van der Waals surface area contributed by atoms with Gasteiger partial charge in [0.1, 0.15) is 0 Å². The standard InChI is InChI=1S/C15H22N4OS/c1-9(2)17-12(14(16)20)6-7-21-15-18-11-5-4-10(3)8-13(11)19-15/h4-5,8-9,12,17H,6-7H2,1-3H3,(H2,16,20)(H,18,19). The van der Waals surface area contributed by atoms with Gasteiger partial charge in [0, 0.05) is 11.8 Å². The van der Waals surface area contributed by atoms with Crippen molar-refractivity contribution < 1.29 is 4.79 Å². The SMILES string of the molecule is Cc1ccc2nc(SCCC(NC(C)C)C(N)=O)[nH]c2c1. The Hall–Kier alpha value is -1.53. The van der Waals surface area contributed by atoms with E-state index in [4.69, 9.17) is 5.73 Å². The molecule has 4 N–H and O–H groups in total. The molecule has 114 valence electrons. The van der Waals surface area contributed by atoms with Crippen LogP contribution in [0, 0.1) is 6.92 Å². The summed E-state index contributed by atoms with van der Waals surface area (Å²) in [5.74, 6) is 0.482. The first kappa shape index (κ1) is 15.9. The number of aromatic amines is 1. The van der Waals surface area contributed by atoms with Gasteiger partial charge in [-0.3, -0.25) is 4.79 Å². The van der Waals surface area contributed by atoms with Crippen LogP contribution >= 0.6 is 11.8 Å². The minimum absolute atomic E-state index is 0.238. The van der Waals surface area contributed by atoms with Crippen LogP contribution in [0.4, 0.5) is 0 Å². The number of amides is 1. The molecule has 2 aromatic rings. The molecule has 1 aromatic heterocycles. The number of aromatic nitrogens is 2. The first-order valence-corrected chi connectivity index (χ1v) is 8.09. The summed E-state index contributed by atoms with van der Waals surface area (Å²) in [5, 5.41) is 4.06. The van der Waals surface area contributed by atoms with Crippen LogP contribution in [0.3, 0.4) is 0 Å². The fraction of sp³-hybridized carbons (Fsp3) is 0.467. The molecule has 0 aliphatic heterocycles. The third-order valence-electron chi connectivity index (χ3n) is 3.14. The predicted octanol–water partition coefficient (Wildman–Crippen LogP) is 2.21. The molecular weight excluding hydrogens is 284 g/mol. The largest absolute Gasteiger partial charge is 0.368 e. The van der Waals surface area contributed by atoms with Gasteiger partial charge >= 0.3 is 0 Å². The molecule has 0 aliphatic rings. The van der Waals surface area contributed by atoms with Gasteiger partial charge in [-0.25, -0.2) is 4.98 Å². The number of fused-ring (bicyclic) bond motifs is 1. The number of carbonyl (C=O) groups excluding carboxylic acids is 1. The van der Waals surface area contributed by atoms with E-state index < -0.39 is 0 Å². The van der Waals surface area contributed by atoms with E-state index in [1.54, 1.807) is 11.8 Å². The van der Waals surface area contributed by atoms with E-state index in [9.17, 15) is 4.79 Å². The Morgan fingerprint density at radius 2 is 2.24 bits per heavy atom. The Balaban J connectivity index is 1.93. The van der Waals surface area contributed by atoms with Crippen LogP contribution < -0.4 is 11.1 Å². The lowest BCUT2D eigenvalue weighted by molar-refractivity contribution is -0.120. The van der Waals surface area contributed by atoms with Crippen LogP contribution in [0.2, 0.25) is 0 Å². The molecule has 1 heterocycles. The number of hydrogen-bond donors (Lipinski definition) is 3. The molecule has 0 bridgehead atoms. The molecule has 6 heteroatoms. The first-order valence-electron chi connectivity index (χ1n) is 7.10. The van der Waals surface area contributed by atoms with Gasteiger partial charge in [0.2, 0.25) is 5.91 Å². The fourth-order valence-electron chi connectivity index (χ4n) is 2.15. The number of hydrogen-bond acceptors (Lipinski definition) is 4. The van der Waals surface area contributed by atoms with Crippen molar-refractivity contribution in [1.82, 2.24) is 15.3 Å². The molecule has 1 unspecified atom stereocenters. The second-order valence-corrected chi connectivity index (χ2v) is 6.56. The Morgan fingerprint density at radius 3 is 2.90 bits per heavy atom. The molecule has 0 aliphatic carbocycles. The van der Waals surface area contributed by atoms with E-state index in [1.807, 2.05) is 26.0 Å². The van der Waals surface area contributed by atoms with Crippen molar-refractivity contribution in [3.8, 4) is 0 Å². The van der Waals surface area contributed by atoms with Crippen molar-refractivity contribution in [2.24, 2.45) is 5.73 Å². The van der Waals surface area contributed by atoms with Gasteiger partial charge in [-0.1, -0.05) is 31.7 Å². The molecular formula is C15H22N4OS. The quantitative estimate of drug-likeness (QED) is 0.685. The maximum Gasteiger partial charge on any atom is 0.234 e. The molecule has 1 aromatic carbocycles. The number of carbonyl (C=O) groups is 1. The number of primary amides is 1. The molecule has 0 radical (unpaired) electrons. The molecule has 0 fully saturated rings. The monoisotopic (exact) mass is 306 g/mol. The normalized spacial score (nSPS) is 13.0. The molecule has 1 atom stereocenters. The van der Waals surface area contributed by atoms with Gasteiger partial charge in [0.05, 0.1) is 17.1 Å². The zero-order valence-electron chi connectivity index (χ0n) is 12.6. The number of aryl methyl sites for hydroxylation is 1. The minimum atomic E-state index is -0.301. The van der Waals surface area contributed by atoms with Crippen LogP contribution in [-0.2, 0) is 4.79 Å². The van der Waals surface area contributed by atoms with E-state index in [1.165, 1.54) is 5.56 Å². The smallest absolute Gasteiger partial charge is 0.234 e. The molecule has 1 amide bonds. The van der Waals surface area contributed by atoms with Crippen molar-refractivity contribution in [1.29, 1.82) is 0 Å². The molecule has 0 spiro atoms. The fourth-order valence-corrected chi connectivity index (χ4v) is 3.04. The summed E-state index contributed by atoms with van der Waals surface area (Å²) in [7, 11) is 0. The molecule has 5 nitrogen and oxygen atoms in total. The maximum atomic E-state index is 11.4. The lowest BCUT2D eigenvalue weighted by Crippen LogP contribution is -2.44. The zero-order chi connectivity index (χ0) is 15.4. The Kier molecular flexibility index (Phi) is 5.25. The summed E-state index contributed by atoms with van der Waals surface area (Å²) in [4.78, 5) is 19.2. The van der Waals surface area contributed by atoms with E-state index in [-0.39, 0.29) is 18.0 Å². The van der Waals surface area contributed by atoms with Crippen molar-refractivity contribution in [3.05, 3.63) is 23.8 Å². The van der Waals surface area contributed by atoms with Crippen molar-refractivity contribution in [2.75, 3.05) is 5.75 Å². The highest BCUT2D eigenvalue weighted by Gasteiger charge is 2.16. The Morgan fingerprint density at radius 1 is 1.48 bits per heavy atom. The number of imidazole rings is 1. The van der Waals surface area contributed by atoms with Crippen molar-refractivity contribution in [3.63, 3.8) is 0 Å². The highest BCUT2D eigenvalue weighted by Crippen LogP contribution is 2.21. The Bertz CT molecular complexity index is 623. The van der Waals surface area contributed by atoms with Gasteiger partial charge in [0.15, 0.2) is 5.16 Å². The van der Waals surface area contributed by atoms with Gasteiger partial charge in [-0.15, -0.1) is 0 Å². The summed E-state index contributed by atoms with van der Waals surface area (Å²) in [5.41, 5.74) is 8.63. The maximum absolute atomic E-state index is 11.4. The molecule has 21 heavy (non-hydrogen) atoms. The number of H-pyrrole nitrogens is 1. The first-order chi connectivity index (χ1) is 9.95. The average Bonchev–Trinajstić information content (AvgIpc) is 2.78. The van der Waals surface area contributed by atoms with Gasteiger partial charge < -0.3 is 16.0 Å². The molecule has 2 rings (SSSR count). The number of rotatable bonds is 7. The lowest BCUT2D eigenvalue weighted by Gasteiger charge is -2.17. The summed E-state index contributed by atoms with van der Waals surface area (Å²) in [6, 6.07) is 6.09. The highest BCUT2D eigenvalue weighted by atomic mass is 32.2. The van der Waals surface area contributed by atoms with Crippen molar-refractivity contribution >= 4 is 28.7 Å². The van der Waals surface area contributed by atoms with Gasteiger partial charge in [-0.05, 0) is 31.0 Å². The summed E-state index contributed by atoms with van der Waals surface area (Å²) >= 11 is 1.61. The van der Waals surface area contributed by atoms with Crippen LogP contribution in [0.5, 0.6) is 0 Å². The third-order valence-corrected chi connectivity index (χ3v) is 4.05. The second kappa shape index (κ2) is 6.95. The summed E-state index contributed by atoms with van der Waals surface area (Å²) < 4.78 is 0. The van der Waals surface area contributed by atoms with Gasteiger partial charge in [0.25, 0.3) is 0 Å². The van der Waals surface area contributed by atoms with Crippen LogP contribution in [0.25, 0.3) is 11.0 Å². The van der Waals surface area contributed by atoms with E-state index in [0.29, 0.717) is 6.42 Å². The topological polar surface area (TPSA) is 83.8 Å². The Labute approximate surface area is 129 Å². The molecule has 0 saturated carbocycles. The third kappa shape index (κ3) is 4.47. The minimum Gasteiger partial charge on any atom is -0.368 e. The van der Waals surface area contributed by atoms with E-state index >= 15 is 0 Å². The number of thioether (sulfide) groups is 1. The zero-order valence-corrected chi connectivity index (χ0v) is 13.5. The average molecular weight is 306 g/mol. The summed E-state index contributed by atoms with van der Waals surface area (Å²) in [6.45, 7) is 6.07. The number of nitrogens with two attached hydrogens (primary N) is 1. The highest BCUT2D eigenvalue weighted by molar-refractivity contribution is 7.99. The van der Waals surface area contributed by atoms with Crippen LogP contribution in [0.1, 0.15) is 25.8 Å². The van der Waals surface area contributed by atoms with E-state index in [2.05, 4.69) is 28.3 Å². The number of benzene rings is 1. The van der Waals surface area contributed by atoms with Gasteiger partial charge in [-0.2, -0.15) is 0 Å². The van der Waals surface area contributed by atoms with E-state index in [0.717, 1.165) is 21.9 Å². The molecule has 0 saturated heterocycles. The summed E-state index contributed by atoms with van der Waals surface area (Å²) in [6.07, 6.45) is 0.689. The lowest BCUT2D eigenvalue weighted by atomic mass is 10.2.